The topological polar surface area (TPSA) is 99.9 Å². The van der Waals surface area contributed by atoms with Crippen molar-refractivity contribution >= 4 is 29.1 Å². The van der Waals surface area contributed by atoms with Gasteiger partial charge in [0.2, 0.25) is 0 Å². The SMILES string of the molecule is CC(Oc1ccc(Cl)cc1C(N)=O)C(=O)Nc1ccc2c(c1)OCCO2. The van der Waals surface area contributed by atoms with Gasteiger partial charge in [0, 0.05) is 16.8 Å². The Bertz CT molecular complexity index is 855. The number of halogens is 1. The quantitative estimate of drug-likeness (QED) is 0.835. The van der Waals surface area contributed by atoms with Crippen molar-refractivity contribution in [2.75, 3.05) is 18.5 Å². The second-order valence-corrected chi connectivity index (χ2v) is 6.05. The third-order valence-electron chi connectivity index (χ3n) is 3.69. The van der Waals surface area contributed by atoms with Crippen LogP contribution in [0.15, 0.2) is 36.4 Å². The standard InChI is InChI=1S/C18H17ClN2O5/c1-10(26-14-4-2-11(19)8-13(14)17(20)22)18(23)21-12-3-5-15-16(9-12)25-7-6-24-15/h2-5,8-10H,6-7H2,1H3,(H2,20,22)(H,21,23). The van der Waals surface area contributed by atoms with Gasteiger partial charge in [0.25, 0.3) is 11.8 Å². The van der Waals surface area contributed by atoms with Gasteiger partial charge in [-0.05, 0) is 37.3 Å². The summed E-state index contributed by atoms with van der Waals surface area (Å²) in [6.07, 6.45) is -0.873. The van der Waals surface area contributed by atoms with Gasteiger partial charge in [0.15, 0.2) is 17.6 Å². The third-order valence-corrected chi connectivity index (χ3v) is 3.92. The van der Waals surface area contributed by atoms with E-state index < -0.39 is 17.9 Å². The molecule has 1 aliphatic heterocycles. The van der Waals surface area contributed by atoms with E-state index in [2.05, 4.69) is 5.32 Å². The molecule has 1 atom stereocenters. The Kier molecular flexibility index (Phi) is 5.18. The van der Waals surface area contributed by atoms with Gasteiger partial charge in [-0.25, -0.2) is 0 Å². The molecule has 26 heavy (non-hydrogen) atoms. The molecule has 1 unspecified atom stereocenters. The first-order chi connectivity index (χ1) is 12.4. The highest BCUT2D eigenvalue weighted by atomic mass is 35.5. The maximum atomic E-state index is 12.4. The van der Waals surface area contributed by atoms with Crippen molar-refractivity contribution < 1.29 is 23.8 Å². The summed E-state index contributed by atoms with van der Waals surface area (Å²) in [4.78, 5) is 23.9. The summed E-state index contributed by atoms with van der Waals surface area (Å²) < 4.78 is 16.5. The predicted molar refractivity (Wildman–Crippen MR) is 96.1 cm³/mol. The number of hydrogen-bond donors (Lipinski definition) is 2. The monoisotopic (exact) mass is 376 g/mol. The van der Waals surface area contributed by atoms with Crippen LogP contribution < -0.4 is 25.3 Å². The summed E-state index contributed by atoms with van der Waals surface area (Å²) in [5.74, 6) is 0.294. The number of nitrogens with two attached hydrogens (primary N) is 1. The number of amides is 2. The highest BCUT2D eigenvalue weighted by molar-refractivity contribution is 6.31. The summed E-state index contributed by atoms with van der Waals surface area (Å²) in [5.41, 5.74) is 5.97. The molecular weight excluding hydrogens is 360 g/mol. The first kappa shape index (κ1) is 17.9. The van der Waals surface area contributed by atoms with E-state index in [1.165, 1.54) is 12.1 Å². The van der Waals surface area contributed by atoms with E-state index in [4.69, 9.17) is 31.5 Å². The molecule has 0 bridgehead atoms. The fraction of sp³-hybridized carbons (Fsp3) is 0.222. The molecule has 8 heteroatoms. The van der Waals surface area contributed by atoms with Gasteiger partial charge in [-0.3, -0.25) is 9.59 Å². The minimum Gasteiger partial charge on any atom is -0.486 e. The molecule has 3 N–H and O–H groups in total. The van der Waals surface area contributed by atoms with Crippen LogP contribution in [0.2, 0.25) is 5.02 Å². The normalized spacial score (nSPS) is 13.6. The Hall–Kier alpha value is -2.93. The molecule has 0 radical (unpaired) electrons. The van der Waals surface area contributed by atoms with Crippen molar-refractivity contribution in [3.8, 4) is 17.2 Å². The Morgan fingerprint density at radius 2 is 1.88 bits per heavy atom. The van der Waals surface area contributed by atoms with Gasteiger partial charge >= 0.3 is 0 Å². The molecule has 0 saturated carbocycles. The predicted octanol–water partition coefficient (Wildman–Crippen LogP) is 2.62. The second kappa shape index (κ2) is 7.53. The lowest BCUT2D eigenvalue weighted by Crippen LogP contribution is -2.31. The molecule has 3 rings (SSSR count). The smallest absolute Gasteiger partial charge is 0.265 e. The Labute approximate surface area is 155 Å². The number of carbonyl (C=O) groups excluding carboxylic acids is 2. The number of primary amides is 1. The highest BCUT2D eigenvalue weighted by Gasteiger charge is 2.20. The van der Waals surface area contributed by atoms with Gasteiger partial charge in [-0.2, -0.15) is 0 Å². The summed E-state index contributed by atoms with van der Waals surface area (Å²) in [6, 6.07) is 9.54. The van der Waals surface area contributed by atoms with Crippen LogP contribution in [-0.2, 0) is 4.79 Å². The average molecular weight is 377 g/mol. The summed E-state index contributed by atoms with van der Waals surface area (Å²) in [6.45, 7) is 2.51. The fourth-order valence-corrected chi connectivity index (χ4v) is 2.58. The number of fused-ring (bicyclic) bond motifs is 1. The fourth-order valence-electron chi connectivity index (χ4n) is 2.41. The molecule has 0 saturated heterocycles. The molecule has 1 heterocycles. The zero-order valence-electron chi connectivity index (χ0n) is 14.0. The van der Waals surface area contributed by atoms with Crippen molar-refractivity contribution in [3.05, 3.63) is 47.0 Å². The van der Waals surface area contributed by atoms with Crippen molar-refractivity contribution in [3.63, 3.8) is 0 Å². The summed E-state index contributed by atoms with van der Waals surface area (Å²) in [7, 11) is 0. The van der Waals surface area contributed by atoms with Crippen molar-refractivity contribution in [1.82, 2.24) is 0 Å². The lowest BCUT2D eigenvalue weighted by molar-refractivity contribution is -0.122. The molecule has 1 aliphatic rings. The molecule has 2 aromatic carbocycles. The van der Waals surface area contributed by atoms with Gasteiger partial charge in [0.05, 0.1) is 5.56 Å². The Balaban J connectivity index is 1.70. The van der Waals surface area contributed by atoms with E-state index in [0.717, 1.165) is 0 Å². The molecule has 7 nitrogen and oxygen atoms in total. The third kappa shape index (κ3) is 4.00. The van der Waals surface area contributed by atoms with Gasteiger partial charge in [-0.15, -0.1) is 0 Å². The number of hydrogen-bond acceptors (Lipinski definition) is 5. The van der Waals surface area contributed by atoms with Gasteiger partial charge < -0.3 is 25.3 Å². The zero-order valence-corrected chi connectivity index (χ0v) is 14.7. The number of anilines is 1. The second-order valence-electron chi connectivity index (χ2n) is 5.61. The minimum atomic E-state index is -0.873. The van der Waals surface area contributed by atoms with E-state index in [0.29, 0.717) is 35.4 Å². The summed E-state index contributed by atoms with van der Waals surface area (Å²) in [5, 5.41) is 3.08. The van der Waals surface area contributed by atoms with E-state index in [1.807, 2.05) is 0 Å². The van der Waals surface area contributed by atoms with Gasteiger partial charge in [-0.1, -0.05) is 11.6 Å². The van der Waals surface area contributed by atoms with E-state index in [-0.39, 0.29) is 11.3 Å². The van der Waals surface area contributed by atoms with E-state index in [9.17, 15) is 9.59 Å². The molecule has 2 aromatic rings. The van der Waals surface area contributed by atoms with Crippen LogP contribution in [0, 0.1) is 0 Å². The van der Waals surface area contributed by atoms with Crippen molar-refractivity contribution in [2.45, 2.75) is 13.0 Å². The molecular formula is C18H17ClN2O5. The number of ether oxygens (including phenoxy) is 3. The number of carbonyl (C=O) groups is 2. The molecule has 0 aliphatic carbocycles. The molecule has 2 amide bonds. The first-order valence-corrected chi connectivity index (χ1v) is 8.28. The van der Waals surface area contributed by atoms with Gasteiger partial charge in [0.1, 0.15) is 19.0 Å². The maximum absolute atomic E-state index is 12.4. The average Bonchev–Trinajstić information content (AvgIpc) is 2.62. The maximum Gasteiger partial charge on any atom is 0.265 e. The summed E-state index contributed by atoms with van der Waals surface area (Å²) >= 11 is 5.86. The van der Waals surface area contributed by atoms with Crippen LogP contribution in [0.25, 0.3) is 0 Å². The first-order valence-electron chi connectivity index (χ1n) is 7.90. The van der Waals surface area contributed by atoms with Crippen LogP contribution in [0.4, 0.5) is 5.69 Å². The molecule has 0 aromatic heterocycles. The minimum absolute atomic E-state index is 0.108. The number of rotatable bonds is 5. The molecule has 0 fully saturated rings. The molecule has 0 spiro atoms. The highest BCUT2D eigenvalue weighted by Crippen LogP contribution is 2.32. The van der Waals surface area contributed by atoms with Crippen LogP contribution in [-0.4, -0.2) is 31.1 Å². The van der Waals surface area contributed by atoms with Crippen molar-refractivity contribution in [1.29, 1.82) is 0 Å². The van der Waals surface area contributed by atoms with E-state index in [1.54, 1.807) is 31.2 Å². The molecule has 136 valence electrons. The number of nitrogens with one attached hydrogen (secondary N) is 1. The van der Waals surface area contributed by atoms with Crippen molar-refractivity contribution in [2.24, 2.45) is 5.73 Å². The zero-order chi connectivity index (χ0) is 18.7. The van der Waals surface area contributed by atoms with Crippen LogP contribution in [0.1, 0.15) is 17.3 Å². The Morgan fingerprint density at radius 3 is 2.62 bits per heavy atom. The van der Waals surface area contributed by atoms with Crippen LogP contribution >= 0.6 is 11.6 Å². The van der Waals surface area contributed by atoms with Crippen LogP contribution in [0.3, 0.4) is 0 Å². The van der Waals surface area contributed by atoms with Crippen LogP contribution in [0.5, 0.6) is 17.2 Å². The number of benzene rings is 2. The largest absolute Gasteiger partial charge is 0.486 e. The Morgan fingerprint density at radius 1 is 1.15 bits per heavy atom. The lowest BCUT2D eigenvalue weighted by atomic mass is 10.2. The van der Waals surface area contributed by atoms with E-state index >= 15 is 0 Å². The lowest BCUT2D eigenvalue weighted by Gasteiger charge is -2.20.